The Kier molecular flexibility index (Phi) is 4.82. The molecule has 0 heterocycles. The Morgan fingerprint density at radius 1 is 1.17 bits per heavy atom. The van der Waals surface area contributed by atoms with E-state index in [2.05, 4.69) is 4.74 Å². The number of aliphatic carboxylic acids is 1. The molecule has 0 spiro atoms. The van der Waals surface area contributed by atoms with Gasteiger partial charge in [-0.3, -0.25) is 0 Å². The molecule has 0 saturated heterocycles. The maximum Gasteiger partial charge on any atom is 0.573 e. The van der Waals surface area contributed by atoms with Crippen molar-refractivity contribution < 1.29 is 32.9 Å². The Hall–Kier alpha value is -2.25. The molecular weight excluding hydrogens is 337 g/mol. The van der Waals surface area contributed by atoms with Crippen molar-refractivity contribution in [3.05, 3.63) is 53.1 Å². The molecule has 1 unspecified atom stereocenters. The summed E-state index contributed by atoms with van der Waals surface area (Å²) in [6, 6.07) is 9.33. The van der Waals surface area contributed by atoms with Crippen LogP contribution in [0.25, 0.3) is 11.1 Å². The van der Waals surface area contributed by atoms with Crippen LogP contribution in [0.4, 0.5) is 13.2 Å². The third-order valence-corrected chi connectivity index (χ3v) is 3.36. The van der Waals surface area contributed by atoms with E-state index < -0.39 is 24.2 Å². The number of aliphatic hydroxyl groups excluding tert-OH is 1. The second-order valence-electron chi connectivity index (χ2n) is 4.53. The quantitative estimate of drug-likeness (QED) is 0.877. The molecule has 2 N–H and O–H groups in total. The summed E-state index contributed by atoms with van der Waals surface area (Å²) in [7, 11) is 0. The molecule has 23 heavy (non-hydrogen) atoms. The fourth-order valence-corrected chi connectivity index (χ4v) is 2.32. The highest BCUT2D eigenvalue weighted by atomic mass is 35.5. The summed E-state index contributed by atoms with van der Waals surface area (Å²) in [4.78, 5) is 10.9. The van der Waals surface area contributed by atoms with Crippen LogP contribution in [0, 0.1) is 0 Å². The molecule has 0 aliphatic carbocycles. The van der Waals surface area contributed by atoms with Crippen LogP contribution in [0.1, 0.15) is 11.7 Å². The Morgan fingerprint density at radius 3 is 2.43 bits per heavy atom. The van der Waals surface area contributed by atoms with Crippen LogP contribution in [-0.2, 0) is 4.79 Å². The summed E-state index contributed by atoms with van der Waals surface area (Å²) in [5.41, 5.74) is 0.507. The van der Waals surface area contributed by atoms with Gasteiger partial charge in [-0.1, -0.05) is 41.9 Å². The lowest BCUT2D eigenvalue weighted by molar-refractivity contribution is -0.274. The van der Waals surface area contributed by atoms with Crippen molar-refractivity contribution in [3.8, 4) is 16.9 Å². The second-order valence-corrected chi connectivity index (χ2v) is 4.90. The number of carboxylic acids is 1. The molecule has 0 fully saturated rings. The molecule has 2 aromatic rings. The molecule has 122 valence electrons. The maximum absolute atomic E-state index is 12.3. The molecule has 0 radical (unpaired) electrons. The molecule has 2 rings (SSSR count). The van der Waals surface area contributed by atoms with E-state index >= 15 is 0 Å². The van der Waals surface area contributed by atoms with Gasteiger partial charge < -0.3 is 14.9 Å². The van der Waals surface area contributed by atoms with E-state index in [4.69, 9.17) is 16.7 Å². The van der Waals surface area contributed by atoms with Crippen LogP contribution in [0.15, 0.2) is 42.5 Å². The van der Waals surface area contributed by atoms with Crippen LogP contribution in [0.3, 0.4) is 0 Å². The molecule has 0 amide bonds. The van der Waals surface area contributed by atoms with Gasteiger partial charge in [0, 0.05) is 11.1 Å². The first-order chi connectivity index (χ1) is 10.7. The zero-order valence-corrected chi connectivity index (χ0v) is 12.1. The van der Waals surface area contributed by atoms with Crippen molar-refractivity contribution in [1.29, 1.82) is 0 Å². The summed E-state index contributed by atoms with van der Waals surface area (Å²) >= 11 is 6.08. The van der Waals surface area contributed by atoms with Gasteiger partial charge in [0.25, 0.3) is 0 Å². The number of carboxylic acid groups (broad SMARTS) is 1. The average molecular weight is 347 g/mol. The topological polar surface area (TPSA) is 66.8 Å². The molecule has 0 bridgehead atoms. The molecule has 0 saturated carbocycles. The van der Waals surface area contributed by atoms with Crippen molar-refractivity contribution in [1.82, 2.24) is 0 Å². The smallest absolute Gasteiger partial charge is 0.479 e. The zero-order chi connectivity index (χ0) is 17.2. The van der Waals surface area contributed by atoms with Crippen LogP contribution in [0.5, 0.6) is 5.75 Å². The molecule has 4 nitrogen and oxygen atoms in total. The third kappa shape index (κ3) is 4.14. The fraction of sp³-hybridized carbons (Fsp3) is 0.133. The average Bonchev–Trinajstić information content (AvgIpc) is 2.45. The molecule has 2 aromatic carbocycles. The van der Waals surface area contributed by atoms with E-state index in [9.17, 15) is 23.1 Å². The number of benzene rings is 2. The van der Waals surface area contributed by atoms with Crippen LogP contribution in [-0.4, -0.2) is 22.5 Å². The van der Waals surface area contributed by atoms with Crippen molar-refractivity contribution in [3.63, 3.8) is 0 Å². The highest BCUT2D eigenvalue weighted by molar-refractivity contribution is 6.34. The van der Waals surface area contributed by atoms with Gasteiger partial charge in [0.15, 0.2) is 6.10 Å². The first kappa shape index (κ1) is 17.1. The van der Waals surface area contributed by atoms with E-state index in [-0.39, 0.29) is 21.7 Å². The van der Waals surface area contributed by atoms with Gasteiger partial charge in [-0.15, -0.1) is 13.2 Å². The predicted molar refractivity (Wildman–Crippen MR) is 76.2 cm³/mol. The minimum atomic E-state index is -4.83. The van der Waals surface area contributed by atoms with E-state index in [1.807, 2.05) is 0 Å². The number of carbonyl (C=O) groups is 1. The number of hydrogen-bond donors (Lipinski definition) is 2. The van der Waals surface area contributed by atoms with E-state index in [0.29, 0.717) is 0 Å². The SMILES string of the molecule is O=C(O)C(O)c1cccc(-c2cccc(OC(F)(F)F)c2)c1Cl. The molecular formula is C15H10ClF3O4. The van der Waals surface area contributed by atoms with Crippen molar-refractivity contribution in [2.45, 2.75) is 12.5 Å². The van der Waals surface area contributed by atoms with Gasteiger partial charge in [0.2, 0.25) is 0 Å². The molecule has 0 aromatic heterocycles. The minimum absolute atomic E-state index is 0.0567. The first-order valence-corrected chi connectivity index (χ1v) is 6.62. The van der Waals surface area contributed by atoms with Gasteiger partial charge in [0.05, 0.1) is 5.02 Å². The van der Waals surface area contributed by atoms with Crippen molar-refractivity contribution in [2.75, 3.05) is 0 Å². The molecule has 0 aliphatic rings. The van der Waals surface area contributed by atoms with Gasteiger partial charge in [-0.05, 0) is 17.7 Å². The summed E-state index contributed by atoms with van der Waals surface area (Å²) in [5.74, 6) is -1.92. The first-order valence-electron chi connectivity index (χ1n) is 6.24. The highest BCUT2D eigenvalue weighted by Crippen LogP contribution is 2.35. The predicted octanol–water partition coefficient (Wildman–Crippen LogP) is 4.02. The maximum atomic E-state index is 12.3. The Balaban J connectivity index is 2.45. The van der Waals surface area contributed by atoms with E-state index in [1.54, 1.807) is 0 Å². The third-order valence-electron chi connectivity index (χ3n) is 2.94. The fourth-order valence-electron chi connectivity index (χ4n) is 1.98. The summed E-state index contributed by atoms with van der Waals surface area (Å²) in [6.07, 6.45) is -6.67. The lowest BCUT2D eigenvalue weighted by Crippen LogP contribution is -2.17. The summed E-state index contributed by atoms with van der Waals surface area (Å²) in [6.45, 7) is 0. The molecule has 1 atom stereocenters. The number of halogens is 4. The number of ether oxygens (including phenoxy) is 1. The molecule has 8 heteroatoms. The molecule has 0 aliphatic heterocycles. The normalized spacial score (nSPS) is 12.7. The highest BCUT2D eigenvalue weighted by Gasteiger charge is 2.31. The monoisotopic (exact) mass is 346 g/mol. The van der Waals surface area contributed by atoms with Crippen LogP contribution >= 0.6 is 11.6 Å². The Bertz CT molecular complexity index is 731. The van der Waals surface area contributed by atoms with Crippen LogP contribution < -0.4 is 4.74 Å². The zero-order valence-electron chi connectivity index (χ0n) is 11.3. The Labute approximate surface area is 133 Å². The van der Waals surface area contributed by atoms with Gasteiger partial charge in [0.1, 0.15) is 5.75 Å². The number of alkyl halides is 3. The lowest BCUT2D eigenvalue weighted by Gasteiger charge is -2.14. The van der Waals surface area contributed by atoms with Gasteiger partial charge in [-0.25, -0.2) is 4.79 Å². The second kappa shape index (κ2) is 6.47. The Morgan fingerprint density at radius 2 is 1.83 bits per heavy atom. The summed E-state index contributed by atoms with van der Waals surface area (Å²) in [5, 5.41) is 18.4. The van der Waals surface area contributed by atoms with Gasteiger partial charge in [-0.2, -0.15) is 0 Å². The standard InChI is InChI=1S/C15H10ClF3O4/c16-12-10(5-2-6-11(12)13(20)14(21)22)8-3-1-4-9(7-8)23-15(17,18)19/h1-7,13,20H,(H,21,22). The lowest BCUT2D eigenvalue weighted by atomic mass is 10.00. The summed E-state index contributed by atoms with van der Waals surface area (Å²) < 4.78 is 40.6. The number of hydrogen-bond acceptors (Lipinski definition) is 3. The van der Waals surface area contributed by atoms with Gasteiger partial charge >= 0.3 is 12.3 Å². The van der Waals surface area contributed by atoms with E-state index in [1.165, 1.54) is 30.3 Å². The number of aliphatic hydroxyl groups is 1. The van der Waals surface area contributed by atoms with Crippen LogP contribution in [0.2, 0.25) is 5.02 Å². The largest absolute Gasteiger partial charge is 0.573 e. The van der Waals surface area contributed by atoms with Crippen molar-refractivity contribution in [2.24, 2.45) is 0 Å². The van der Waals surface area contributed by atoms with Crippen molar-refractivity contribution >= 4 is 17.6 Å². The minimum Gasteiger partial charge on any atom is -0.479 e. The number of rotatable bonds is 4. The van der Waals surface area contributed by atoms with E-state index in [0.717, 1.165) is 12.1 Å².